The highest BCUT2D eigenvalue weighted by Gasteiger charge is 2.25. The molecule has 0 aliphatic carbocycles. The minimum absolute atomic E-state index is 0.264. The lowest BCUT2D eigenvalue weighted by Gasteiger charge is -2.17. The average molecular weight is 210 g/mol. The van der Waals surface area contributed by atoms with Crippen molar-refractivity contribution in [2.75, 3.05) is 13.0 Å². The van der Waals surface area contributed by atoms with Crippen LogP contribution in [0.4, 0.5) is 0 Å². The lowest BCUT2D eigenvalue weighted by atomic mass is 10.2. The number of methoxy groups -OCH3 is 1. The van der Waals surface area contributed by atoms with E-state index in [1.807, 2.05) is 0 Å². The molecule has 0 aromatic rings. The molecule has 0 rings (SSSR count). The molecule has 0 heterocycles. The highest BCUT2D eigenvalue weighted by atomic mass is 35.5. The summed E-state index contributed by atoms with van der Waals surface area (Å²) in [5.74, 6) is -1.49. The highest BCUT2D eigenvalue weighted by molar-refractivity contribution is 6.27. The van der Waals surface area contributed by atoms with Crippen LogP contribution in [0.2, 0.25) is 0 Å². The zero-order valence-electron chi connectivity index (χ0n) is 7.41. The van der Waals surface area contributed by atoms with Crippen molar-refractivity contribution in [3.63, 3.8) is 0 Å². The van der Waals surface area contributed by atoms with E-state index in [0.717, 1.165) is 0 Å². The van der Waals surface area contributed by atoms with Crippen molar-refractivity contribution in [3.8, 4) is 0 Å². The molecule has 0 aliphatic rings. The van der Waals surface area contributed by atoms with Gasteiger partial charge in [-0.15, -0.1) is 11.6 Å². The minimum Gasteiger partial charge on any atom is -0.467 e. The molecule has 0 unspecified atom stereocenters. The van der Waals surface area contributed by atoms with Crippen molar-refractivity contribution >= 4 is 23.5 Å². The zero-order chi connectivity index (χ0) is 10.4. The van der Waals surface area contributed by atoms with Crippen LogP contribution in [0.3, 0.4) is 0 Å². The largest absolute Gasteiger partial charge is 0.467 e. The van der Waals surface area contributed by atoms with Gasteiger partial charge in [0.05, 0.1) is 13.2 Å². The highest BCUT2D eigenvalue weighted by Crippen LogP contribution is 1.95. The summed E-state index contributed by atoms with van der Waals surface area (Å²) in [6.07, 6.45) is -1.01. The number of esters is 1. The third kappa shape index (κ3) is 4.10. The normalized spacial score (nSPS) is 14.5. The summed E-state index contributed by atoms with van der Waals surface area (Å²) < 4.78 is 4.36. The molecule has 5 nitrogen and oxygen atoms in total. The standard InChI is InChI=1S/C7H12ClNO4/c1-4(10)6(7(12)13-2)9-5(11)3-8/h4,6,10H,3H2,1-2H3,(H,9,11)/t4-,6+/m1/s1. The zero-order valence-corrected chi connectivity index (χ0v) is 8.17. The van der Waals surface area contributed by atoms with Crippen molar-refractivity contribution in [1.29, 1.82) is 0 Å². The third-order valence-corrected chi connectivity index (χ3v) is 1.62. The van der Waals surface area contributed by atoms with Crippen LogP contribution >= 0.6 is 11.6 Å². The second kappa shape index (κ2) is 5.77. The number of ether oxygens (including phenoxy) is 1. The molecular weight excluding hydrogens is 198 g/mol. The van der Waals surface area contributed by atoms with Gasteiger partial charge in [0.2, 0.25) is 5.91 Å². The number of carbonyl (C=O) groups is 2. The van der Waals surface area contributed by atoms with E-state index in [1.54, 1.807) is 0 Å². The van der Waals surface area contributed by atoms with Gasteiger partial charge in [-0.3, -0.25) is 4.79 Å². The first-order valence-electron chi connectivity index (χ1n) is 3.64. The number of rotatable bonds is 4. The number of aliphatic hydroxyl groups excluding tert-OH is 1. The van der Waals surface area contributed by atoms with Crippen LogP contribution in [0, 0.1) is 0 Å². The molecule has 0 saturated carbocycles. The monoisotopic (exact) mass is 209 g/mol. The number of hydrogen-bond donors (Lipinski definition) is 2. The molecule has 2 atom stereocenters. The van der Waals surface area contributed by atoms with E-state index in [2.05, 4.69) is 10.1 Å². The second-order valence-corrected chi connectivity index (χ2v) is 2.71. The number of carbonyl (C=O) groups excluding carboxylic acids is 2. The van der Waals surface area contributed by atoms with Crippen molar-refractivity contribution in [3.05, 3.63) is 0 Å². The fourth-order valence-electron chi connectivity index (χ4n) is 0.715. The summed E-state index contributed by atoms with van der Waals surface area (Å²) >= 11 is 5.20. The quantitative estimate of drug-likeness (QED) is 0.473. The van der Waals surface area contributed by atoms with Crippen molar-refractivity contribution < 1.29 is 19.4 Å². The number of halogens is 1. The summed E-state index contributed by atoms with van der Waals surface area (Å²) in [5, 5.41) is 11.3. The molecule has 0 fully saturated rings. The molecule has 0 bridgehead atoms. The van der Waals surface area contributed by atoms with Crippen molar-refractivity contribution in [2.24, 2.45) is 0 Å². The Bertz CT molecular complexity index is 195. The van der Waals surface area contributed by atoms with Crippen LogP contribution in [0.5, 0.6) is 0 Å². The predicted octanol–water partition coefficient (Wildman–Crippen LogP) is -0.736. The second-order valence-electron chi connectivity index (χ2n) is 2.44. The third-order valence-electron chi connectivity index (χ3n) is 1.38. The SMILES string of the molecule is COC(=O)[C@@H](NC(=O)CCl)[C@@H](C)O. The van der Waals surface area contributed by atoms with Crippen LogP contribution < -0.4 is 5.32 Å². The molecule has 2 N–H and O–H groups in total. The number of amides is 1. The van der Waals surface area contributed by atoms with Crippen LogP contribution in [-0.4, -0.2) is 42.1 Å². The maximum atomic E-state index is 11.0. The Balaban J connectivity index is 4.26. The Labute approximate surface area is 81.0 Å². The van der Waals surface area contributed by atoms with Gasteiger partial charge in [-0.1, -0.05) is 0 Å². The number of nitrogens with one attached hydrogen (secondary N) is 1. The molecule has 0 aromatic carbocycles. The number of hydrogen-bond acceptors (Lipinski definition) is 4. The van der Waals surface area contributed by atoms with E-state index in [-0.39, 0.29) is 5.88 Å². The lowest BCUT2D eigenvalue weighted by molar-refractivity contribution is -0.147. The van der Waals surface area contributed by atoms with Gasteiger partial charge < -0.3 is 15.2 Å². The van der Waals surface area contributed by atoms with E-state index < -0.39 is 24.0 Å². The molecule has 0 radical (unpaired) electrons. The Morgan fingerprint density at radius 1 is 1.62 bits per heavy atom. The van der Waals surface area contributed by atoms with Gasteiger partial charge in [0.15, 0.2) is 6.04 Å². The minimum atomic E-state index is -1.06. The van der Waals surface area contributed by atoms with Crippen LogP contribution in [0.15, 0.2) is 0 Å². The average Bonchev–Trinajstić information content (AvgIpc) is 2.11. The van der Waals surface area contributed by atoms with E-state index in [9.17, 15) is 9.59 Å². The molecule has 1 amide bonds. The van der Waals surface area contributed by atoms with Gasteiger partial charge in [-0.05, 0) is 6.92 Å². The van der Waals surface area contributed by atoms with Crippen LogP contribution in [0.1, 0.15) is 6.92 Å². The Morgan fingerprint density at radius 2 is 2.15 bits per heavy atom. The van der Waals surface area contributed by atoms with Gasteiger partial charge in [0.1, 0.15) is 5.88 Å². The van der Waals surface area contributed by atoms with Gasteiger partial charge in [-0.25, -0.2) is 4.79 Å². The molecule has 0 saturated heterocycles. The predicted molar refractivity (Wildman–Crippen MR) is 46.3 cm³/mol. The van der Waals surface area contributed by atoms with Crippen LogP contribution in [0.25, 0.3) is 0 Å². The first-order valence-corrected chi connectivity index (χ1v) is 4.17. The molecule has 0 aliphatic heterocycles. The van der Waals surface area contributed by atoms with E-state index in [0.29, 0.717) is 0 Å². The molecule has 6 heteroatoms. The summed E-state index contributed by atoms with van der Waals surface area (Å²) in [6.45, 7) is 1.37. The molecule has 0 aromatic heterocycles. The summed E-state index contributed by atoms with van der Waals surface area (Å²) in [6, 6.07) is -1.06. The maximum absolute atomic E-state index is 11.0. The van der Waals surface area contributed by atoms with Crippen molar-refractivity contribution in [1.82, 2.24) is 5.32 Å². The van der Waals surface area contributed by atoms with E-state index >= 15 is 0 Å². The number of alkyl halides is 1. The fraction of sp³-hybridized carbons (Fsp3) is 0.714. The van der Waals surface area contributed by atoms with E-state index in [4.69, 9.17) is 16.7 Å². The summed E-state index contributed by atoms with van der Waals surface area (Å²) in [7, 11) is 1.17. The van der Waals surface area contributed by atoms with Crippen molar-refractivity contribution in [2.45, 2.75) is 19.1 Å². The first kappa shape index (κ1) is 12.2. The van der Waals surface area contributed by atoms with Gasteiger partial charge in [0, 0.05) is 0 Å². The number of aliphatic hydroxyl groups is 1. The Morgan fingerprint density at radius 3 is 2.46 bits per heavy atom. The topological polar surface area (TPSA) is 75.6 Å². The van der Waals surface area contributed by atoms with Crippen LogP contribution in [-0.2, 0) is 14.3 Å². The maximum Gasteiger partial charge on any atom is 0.331 e. The smallest absolute Gasteiger partial charge is 0.331 e. The molecule has 13 heavy (non-hydrogen) atoms. The summed E-state index contributed by atoms with van der Waals surface area (Å²) in [5.41, 5.74) is 0. The molecule has 76 valence electrons. The fourth-order valence-corrected chi connectivity index (χ4v) is 0.793. The molecule has 0 spiro atoms. The summed E-state index contributed by atoms with van der Waals surface area (Å²) in [4.78, 5) is 21.7. The van der Waals surface area contributed by atoms with Gasteiger partial charge >= 0.3 is 5.97 Å². The Hall–Kier alpha value is -0.810. The van der Waals surface area contributed by atoms with E-state index in [1.165, 1.54) is 14.0 Å². The Kier molecular flexibility index (Phi) is 5.41. The lowest BCUT2D eigenvalue weighted by Crippen LogP contribution is -2.48. The van der Waals surface area contributed by atoms with Gasteiger partial charge in [-0.2, -0.15) is 0 Å². The van der Waals surface area contributed by atoms with Gasteiger partial charge in [0.25, 0.3) is 0 Å². The first-order chi connectivity index (χ1) is 6.02. The molecular formula is C7H12ClNO4.